The van der Waals surface area contributed by atoms with Crippen LogP contribution in [0.2, 0.25) is 0 Å². The van der Waals surface area contributed by atoms with E-state index in [1.807, 2.05) is 104 Å². The molecule has 0 atom stereocenters. The van der Waals surface area contributed by atoms with Crippen LogP contribution < -0.4 is 5.32 Å². The van der Waals surface area contributed by atoms with E-state index >= 15 is 0 Å². The maximum atomic E-state index is 11.7. The molecule has 0 aromatic heterocycles. The molecule has 2 rings (SSSR count). The van der Waals surface area contributed by atoms with E-state index in [1.165, 1.54) is 0 Å². The molecule has 0 spiro atoms. The Morgan fingerprint density at radius 1 is 0.561 bits per heavy atom. The summed E-state index contributed by atoms with van der Waals surface area (Å²) < 4.78 is 15.9. The van der Waals surface area contributed by atoms with Gasteiger partial charge in [0, 0.05) is 43.9 Å². The molecule has 0 aliphatic rings. The Bertz CT molecular complexity index is 739. The highest BCUT2D eigenvalue weighted by Gasteiger charge is 2.04. The molecule has 0 saturated heterocycles. The number of carbonyl (C=O) groups is 2. The molecule has 0 saturated carbocycles. The molecule has 6 heteroatoms. The lowest BCUT2D eigenvalue weighted by Gasteiger charge is -2.05. The van der Waals surface area contributed by atoms with Gasteiger partial charge >= 0.3 is 0 Å². The van der Waals surface area contributed by atoms with Crippen LogP contribution in [0.1, 0.15) is 116 Å². The van der Waals surface area contributed by atoms with Crippen molar-refractivity contribution in [3.63, 3.8) is 0 Å². The summed E-state index contributed by atoms with van der Waals surface area (Å²) in [6.07, 6.45) is 3.35. The topological polar surface area (TPSA) is 73.9 Å². The van der Waals surface area contributed by atoms with Gasteiger partial charge in [0.2, 0.25) is 0 Å². The van der Waals surface area contributed by atoms with Gasteiger partial charge in [0.15, 0.2) is 5.78 Å². The Balaban J connectivity index is -0.000000270. The molecule has 6 nitrogen and oxygen atoms in total. The summed E-state index contributed by atoms with van der Waals surface area (Å²) in [6.45, 7) is 24.7. The van der Waals surface area contributed by atoms with E-state index < -0.39 is 0 Å². The minimum absolute atomic E-state index is 0.0456. The second kappa shape index (κ2) is 41.9. The van der Waals surface area contributed by atoms with Gasteiger partial charge in [-0.2, -0.15) is 0 Å². The molecule has 0 heterocycles. The van der Waals surface area contributed by atoms with E-state index in [4.69, 9.17) is 14.2 Å². The van der Waals surface area contributed by atoms with E-state index in [-0.39, 0.29) is 11.7 Å². The average molecular weight is 578 g/mol. The fourth-order valence-corrected chi connectivity index (χ4v) is 2.74. The number of nitrogens with one attached hydrogen (secondary N) is 1. The Hall–Kier alpha value is -2.54. The Morgan fingerprint density at radius 3 is 1.44 bits per heavy atom. The van der Waals surface area contributed by atoms with Crippen LogP contribution in [-0.2, 0) is 14.2 Å². The highest BCUT2D eigenvalue weighted by Crippen LogP contribution is 2.05. The monoisotopic (exact) mass is 577 g/mol. The molecule has 1 amide bonds. The number of amides is 1. The number of carbonyl (C=O) groups excluding carboxylic acids is 2. The lowest BCUT2D eigenvalue weighted by atomic mass is 10.1. The number of ether oxygens (including phenoxy) is 3. The number of ketones is 1. The van der Waals surface area contributed by atoms with E-state index in [9.17, 15) is 9.59 Å². The van der Waals surface area contributed by atoms with Crippen molar-refractivity contribution in [1.29, 1.82) is 0 Å². The van der Waals surface area contributed by atoms with Gasteiger partial charge in [-0.15, -0.1) is 0 Å². The van der Waals surface area contributed by atoms with Crippen molar-refractivity contribution in [3.8, 4) is 0 Å². The Kier molecular flexibility index (Phi) is 46.5. The summed E-state index contributed by atoms with van der Waals surface area (Å²) in [5.74, 6) is 0.136. The minimum Gasteiger partial charge on any atom is -0.380 e. The average Bonchev–Trinajstić information content (AvgIpc) is 3.07. The van der Waals surface area contributed by atoms with Gasteiger partial charge in [-0.1, -0.05) is 118 Å². The first-order chi connectivity index (χ1) is 20.2. The number of rotatable bonds is 16. The van der Waals surface area contributed by atoms with Crippen molar-refractivity contribution in [3.05, 3.63) is 71.8 Å². The van der Waals surface area contributed by atoms with Crippen molar-refractivity contribution in [2.75, 3.05) is 46.2 Å². The third-order valence-corrected chi connectivity index (χ3v) is 4.43. The molecule has 1 N–H and O–H groups in total. The largest absolute Gasteiger partial charge is 0.380 e. The zero-order chi connectivity index (χ0) is 32.0. The predicted molar refractivity (Wildman–Crippen MR) is 177 cm³/mol. The van der Waals surface area contributed by atoms with Crippen LogP contribution >= 0.6 is 0 Å². The highest BCUT2D eigenvalue weighted by atomic mass is 16.5. The molecule has 41 heavy (non-hydrogen) atoms. The molecular weight excluding hydrogens is 514 g/mol. The molecule has 0 aliphatic carbocycles. The predicted octanol–water partition coefficient (Wildman–Crippen LogP) is 9.04. The first kappa shape index (κ1) is 45.4. The van der Waals surface area contributed by atoms with Crippen LogP contribution in [0.5, 0.6) is 0 Å². The summed E-state index contributed by atoms with van der Waals surface area (Å²) in [6, 6.07) is 18.6. The van der Waals surface area contributed by atoms with Crippen LogP contribution in [0.4, 0.5) is 0 Å². The molecule has 0 unspecified atom stereocenters. The third-order valence-electron chi connectivity index (χ3n) is 4.43. The summed E-state index contributed by atoms with van der Waals surface area (Å²) >= 11 is 0. The van der Waals surface area contributed by atoms with Crippen molar-refractivity contribution in [2.24, 2.45) is 0 Å². The molecule has 2 aromatic rings. The first-order valence-corrected chi connectivity index (χ1v) is 15.8. The van der Waals surface area contributed by atoms with Gasteiger partial charge in [-0.3, -0.25) is 9.59 Å². The number of Topliss-reactive ketones (excluding diaryl/α,β-unsaturated/α-hetero) is 1. The smallest absolute Gasteiger partial charge is 0.251 e. The lowest BCUT2D eigenvalue weighted by Crippen LogP contribution is -2.27. The molecule has 0 bridgehead atoms. The zero-order valence-electron chi connectivity index (χ0n) is 28.1. The molecule has 2 aromatic carbocycles. The summed E-state index contributed by atoms with van der Waals surface area (Å²) in [5, 5.41) is 2.79. The molecule has 0 fully saturated rings. The normalized spacial score (nSPS) is 8.83. The molecule has 0 radical (unpaired) electrons. The van der Waals surface area contributed by atoms with Gasteiger partial charge in [0.05, 0.1) is 19.8 Å². The fraction of sp³-hybridized carbons (Fsp3) is 0.600. The maximum Gasteiger partial charge on any atom is 0.251 e. The summed E-state index contributed by atoms with van der Waals surface area (Å²) in [4.78, 5) is 23.2. The summed E-state index contributed by atoms with van der Waals surface area (Å²) in [5.41, 5.74) is 1.47. The minimum atomic E-state index is -0.0456. The van der Waals surface area contributed by atoms with Gasteiger partial charge in [0.25, 0.3) is 5.91 Å². The molecule has 0 aliphatic heterocycles. The fourth-order valence-electron chi connectivity index (χ4n) is 2.74. The standard InChI is InChI=1S/C15H22O3.C12H17NO2.4C2H6/c1-2-10-17-12-13-18-11-6-9-15(16)14-7-4-3-5-8-14;1-2-9-15-10-8-13-12(14)11-6-4-3-5-7-11;4*1-2/h3-5,7-8H,2,6,9-13H2,1H3;3-7H,2,8-10H2,1H3,(H,13,14);4*1-2H3. The van der Waals surface area contributed by atoms with E-state index in [0.717, 1.165) is 38.0 Å². The van der Waals surface area contributed by atoms with Gasteiger partial charge in [0.1, 0.15) is 0 Å². The van der Waals surface area contributed by atoms with Gasteiger partial charge in [-0.25, -0.2) is 0 Å². The van der Waals surface area contributed by atoms with E-state index in [1.54, 1.807) is 12.1 Å². The lowest BCUT2D eigenvalue weighted by molar-refractivity contribution is 0.0463. The van der Waals surface area contributed by atoms with E-state index in [0.29, 0.717) is 45.0 Å². The van der Waals surface area contributed by atoms with Crippen molar-refractivity contribution in [2.45, 2.75) is 94.9 Å². The van der Waals surface area contributed by atoms with Crippen LogP contribution in [0, 0.1) is 0 Å². The van der Waals surface area contributed by atoms with Crippen LogP contribution in [-0.4, -0.2) is 57.9 Å². The van der Waals surface area contributed by atoms with Crippen molar-refractivity contribution in [1.82, 2.24) is 5.32 Å². The Labute approximate surface area is 253 Å². The molecular formula is C35H63NO5. The van der Waals surface area contributed by atoms with Gasteiger partial charge in [-0.05, 0) is 31.4 Å². The quantitative estimate of drug-likeness (QED) is 0.159. The number of hydrogen-bond donors (Lipinski definition) is 1. The van der Waals surface area contributed by atoms with Crippen LogP contribution in [0.3, 0.4) is 0 Å². The van der Waals surface area contributed by atoms with Gasteiger partial charge < -0.3 is 19.5 Å². The second-order valence-electron chi connectivity index (χ2n) is 7.35. The number of benzene rings is 2. The zero-order valence-corrected chi connectivity index (χ0v) is 28.1. The Morgan fingerprint density at radius 2 is 0.976 bits per heavy atom. The van der Waals surface area contributed by atoms with Crippen LogP contribution in [0.15, 0.2) is 60.7 Å². The second-order valence-corrected chi connectivity index (χ2v) is 7.35. The maximum absolute atomic E-state index is 11.7. The number of hydrogen-bond acceptors (Lipinski definition) is 5. The van der Waals surface area contributed by atoms with Crippen LogP contribution in [0.25, 0.3) is 0 Å². The van der Waals surface area contributed by atoms with Crippen molar-refractivity contribution >= 4 is 11.7 Å². The highest BCUT2D eigenvalue weighted by molar-refractivity contribution is 5.96. The van der Waals surface area contributed by atoms with E-state index in [2.05, 4.69) is 19.2 Å². The van der Waals surface area contributed by atoms with Crippen molar-refractivity contribution < 1.29 is 23.8 Å². The SMILES string of the molecule is CC.CC.CC.CC.CCCOCCNC(=O)c1ccccc1.CCCOCCOCCCC(=O)c1ccccc1. The first-order valence-electron chi connectivity index (χ1n) is 15.8. The third kappa shape index (κ3) is 31.8. The summed E-state index contributed by atoms with van der Waals surface area (Å²) in [7, 11) is 0. The molecule has 238 valence electrons.